The zero-order valence-electron chi connectivity index (χ0n) is 12.2. The molecule has 5 nitrogen and oxygen atoms in total. The van der Waals surface area contributed by atoms with Crippen LogP contribution in [-0.4, -0.2) is 40.2 Å². The first-order chi connectivity index (χ1) is 10.2. The first kappa shape index (κ1) is 13.8. The number of likely N-dealkylation sites (tertiary alicyclic amines) is 1. The molecule has 21 heavy (non-hydrogen) atoms. The second-order valence-electron chi connectivity index (χ2n) is 5.52. The third kappa shape index (κ3) is 3.31. The first-order valence-electron chi connectivity index (χ1n) is 7.29. The third-order valence-electron chi connectivity index (χ3n) is 3.88. The van der Waals surface area contributed by atoms with Gasteiger partial charge in [-0.15, -0.1) is 0 Å². The van der Waals surface area contributed by atoms with E-state index in [1.807, 2.05) is 54.5 Å². The summed E-state index contributed by atoms with van der Waals surface area (Å²) in [6.45, 7) is 1.56. The number of amides is 1. The van der Waals surface area contributed by atoms with Gasteiger partial charge in [-0.05, 0) is 18.6 Å². The molecule has 1 unspecified atom stereocenters. The van der Waals surface area contributed by atoms with Gasteiger partial charge in [-0.3, -0.25) is 4.79 Å². The van der Waals surface area contributed by atoms with E-state index in [-0.39, 0.29) is 5.91 Å². The van der Waals surface area contributed by atoms with Crippen molar-refractivity contribution >= 4 is 5.91 Å². The Hall–Kier alpha value is -2.14. The van der Waals surface area contributed by atoms with Crippen molar-refractivity contribution in [3.63, 3.8) is 0 Å². The van der Waals surface area contributed by atoms with Gasteiger partial charge < -0.3 is 10.2 Å². The van der Waals surface area contributed by atoms with Crippen molar-refractivity contribution in [1.29, 1.82) is 0 Å². The van der Waals surface area contributed by atoms with E-state index in [0.29, 0.717) is 12.5 Å². The van der Waals surface area contributed by atoms with E-state index < -0.39 is 0 Å². The molecular weight excluding hydrogens is 264 g/mol. The largest absolute Gasteiger partial charge is 0.344 e. The van der Waals surface area contributed by atoms with Gasteiger partial charge in [0.1, 0.15) is 0 Å². The summed E-state index contributed by atoms with van der Waals surface area (Å²) in [6, 6.07) is 10.4. The van der Waals surface area contributed by atoms with Crippen LogP contribution in [0.15, 0.2) is 42.7 Å². The predicted molar refractivity (Wildman–Crippen MR) is 81.1 cm³/mol. The molecule has 0 spiro atoms. The molecule has 1 saturated heterocycles. The minimum absolute atomic E-state index is 0.241. The summed E-state index contributed by atoms with van der Waals surface area (Å²) in [7, 11) is 1.86. The van der Waals surface area contributed by atoms with Crippen LogP contribution < -0.4 is 5.32 Å². The van der Waals surface area contributed by atoms with Gasteiger partial charge >= 0.3 is 0 Å². The number of rotatable bonds is 4. The number of hydrogen-bond donors (Lipinski definition) is 1. The van der Waals surface area contributed by atoms with Crippen molar-refractivity contribution < 1.29 is 4.79 Å². The van der Waals surface area contributed by atoms with E-state index >= 15 is 0 Å². The fourth-order valence-electron chi connectivity index (χ4n) is 2.61. The molecule has 1 aliphatic rings. The molecule has 3 rings (SSSR count). The third-order valence-corrected chi connectivity index (χ3v) is 3.88. The highest BCUT2D eigenvalue weighted by atomic mass is 16.2. The van der Waals surface area contributed by atoms with E-state index in [1.165, 1.54) is 0 Å². The molecule has 110 valence electrons. The summed E-state index contributed by atoms with van der Waals surface area (Å²) in [5.74, 6) is 0.241. The molecule has 1 N–H and O–H groups in total. The predicted octanol–water partition coefficient (Wildman–Crippen LogP) is 1.58. The number of carbonyl (C=O) groups excluding carboxylic acids is 1. The number of hydrogen-bond acceptors (Lipinski definition) is 3. The molecule has 2 heterocycles. The number of para-hydroxylation sites is 1. The molecule has 0 aliphatic carbocycles. The van der Waals surface area contributed by atoms with Crippen molar-refractivity contribution in [3.8, 4) is 5.69 Å². The van der Waals surface area contributed by atoms with Gasteiger partial charge in [-0.1, -0.05) is 18.2 Å². The monoisotopic (exact) mass is 284 g/mol. The smallest absolute Gasteiger partial charge is 0.222 e. The number of piperidine rings is 1. The van der Waals surface area contributed by atoms with Crippen molar-refractivity contribution in [2.45, 2.75) is 25.4 Å². The highest BCUT2D eigenvalue weighted by Crippen LogP contribution is 2.11. The van der Waals surface area contributed by atoms with E-state index in [0.717, 1.165) is 30.8 Å². The Morgan fingerprint density at radius 3 is 2.90 bits per heavy atom. The topological polar surface area (TPSA) is 50.2 Å². The second-order valence-corrected chi connectivity index (χ2v) is 5.52. The van der Waals surface area contributed by atoms with Crippen LogP contribution >= 0.6 is 0 Å². The number of nitrogens with one attached hydrogen (secondary N) is 1. The van der Waals surface area contributed by atoms with Gasteiger partial charge in [0.05, 0.1) is 11.9 Å². The van der Waals surface area contributed by atoms with Crippen LogP contribution in [0, 0.1) is 0 Å². The Balaban J connectivity index is 1.57. The van der Waals surface area contributed by atoms with Crippen LogP contribution in [0.2, 0.25) is 0 Å². The van der Waals surface area contributed by atoms with Crippen LogP contribution in [0.4, 0.5) is 0 Å². The number of benzene rings is 1. The molecule has 2 aromatic rings. The summed E-state index contributed by atoms with van der Waals surface area (Å²) >= 11 is 0. The van der Waals surface area contributed by atoms with Crippen molar-refractivity contribution in [2.24, 2.45) is 0 Å². The first-order valence-corrected chi connectivity index (χ1v) is 7.29. The van der Waals surface area contributed by atoms with Gasteiger partial charge in [0.15, 0.2) is 0 Å². The van der Waals surface area contributed by atoms with Crippen LogP contribution in [0.25, 0.3) is 5.69 Å². The summed E-state index contributed by atoms with van der Waals surface area (Å²) < 4.78 is 1.88. The normalized spacial score (nSPS) is 19.0. The average molecular weight is 284 g/mol. The molecule has 1 fully saturated rings. The standard InChI is InChI=1S/C16H20N4O/c1-19-12-14(7-8-16(19)21)17-9-13-10-18-20(11-13)15-5-3-2-4-6-15/h2-6,10-11,14,17H,7-9,12H2,1H3. The highest BCUT2D eigenvalue weighted by molar-refractivity contribution is 5.76. The lowest BCUT2D eigenvalue weighted by atomic mass is 10.1. The lowest BCUT2D eigenvalue weighted by molar-refractivity contribution is -0.132. The number of likely N-dealkylation sites (N-methyl/N-ethyl adjacent to an activating group) is 1. The van der Waals surface area contributed by atoms with E-state index in [2.05, 4.69) is 10.4 Å². The molecule has 1 aromatic heterocycles. The molecule has 0 saturated carbocycles. The van der Waals surface area contributed by atoms with E-state index in [9.17, 15) is 4.79 Å². The van der Waals surface area contributed by atoms with Gasteiger partial charge in [-0.2, -0.15) is 5.10 Å². The highest BCUT2D eigenvalue weighted by Gasteiger charge is 2.22. The maximum atomic E-state index is 11.5. The molecule has 1 aromatic carbocycles. The lowest BCUT2D eigenvalue weighted by Gasteiger charge is -2.30. The van der Waals surface area contributed by atoms with Crippen molar-refractivity contribution in [3.05, 3.63) is 48.3 Å². The molecule has 0 bridgehead atoms. The summed E-state index contributed by atoms with van der Waals surface area (Å²) in [5.41, 5.74) is 2.21. The molecule has 1 amide bonds. The quantitative estimate of drug-likeness (QED) is 0.927. The number of carbonyl (C=O) groups is 1. The molecule has 0 radical (unpaired) electrons. The zero-order valence-corrected chi connectivity index (χ0v) is 12.2. The van der Waals surface area contributed by atoms with Gasteiger partial charge in [0.25, 0.3) is 0 Å². The zero-order chi connectivity index (χ0) is 14.7. The van der Waals surface area contributed by atoms with E-state index in [4.69, 9.17) is 0 Å². The second kappa shape index (κ2) is 6.10. The Morgan fingerprint density at radius 2 is 2.14 bits per heavy atom. The van der Waals surface area contributed by atoms with Gasteiger partial charge in [0.2, 0.25) is 5.91 Å². The van der Waals surface area contributed by atoms with Gasteiger partial charge in [-0.25, -0.2) is 4.68 Å². The molecule has 1 aliphatic heterocycles. The van der Waals surface area contributed by atoms with E-state index in [1.54, 1.807) is 4.90 Å². The Labute approximate surface area is 124 Å². The molecular formula is C16H20N4O. The number of aromatic nitrogens is 2. The molecule has 5 heteroatoms. The van der Waals surface area contributed by atoms with Crippen molar-refractivity contribution in [1.82, 2.24) is 20.0 Å². The lowest BCUT2D eigenvalue weighted by Crippen LogP contribution is -2.46. The average Bonchev–Trinajstić information content (AvgIpc) is 2.98. The fourth-order valence-corrected chi connectivity index (χ4v) is 2.61. The Kier molecular flexibility index (Phi) is 4.01. The van der Waals surface area contributed by atoms with Crippen LogP contribution in [-0.2, 0) is 11.3 Å². The SMILES string of the molecule is CN1CC(NCc2cnn(-c3ccccc3)c2)CCC1=O. The fraction of sp³-hybridized carbons (Fsp3) is 0.375. The van der Waals surface area contributed by atoms with Crippen molar-refractivity contribution in [2.75, 3.05) is 13.6 Å². The minimum Gasteiger partial charge on any atom is -0.344 e. The van der Waals surface area contributed by atoms with Crippen LogP contribution in [0.5, 0.6) is 0 Å². The van der Waals surface area contributed by atoms with Crippen LogP contribution in [0.1, 0.15) is 18.4 Å². The number of nitrogens with zero attached hydrogens (tertiary/aromatic N) is 3. The maximum Gasteiger partial charge on any atom is 0.222 e. The summed E-state index contributed by atoms with van der Waals surface area (Å²) in [5, 5.41) is 7.90. The Bertz CT molecular complexity index is 608. The summed E-state index contributed by atoms with van der Waals surface area (Å²) in [6.07, 6.45) is 5.48. The Morgan fingerprint density at radius 1 is 1.33 bits per heavy atom. The minimum atomic E-state index is 0.241. The van der Waals surface area contributed by atoms with Gasteiger partial charge in [0, 0.05) is 44.4 Å². The maximum absolute atomic E-state index is 11.5. The summed E-state index contributed by atoms with van der Waals surface area (Å²) in [4.78, 5) is 13.3. The molecule has 1 atom stereocenters. The van der Waals surface area contributed by atoms with Crippen LogP contribution in [0.3, 0.4) is 0 Å².